The molecule has 0 aromatic rings. The fourth-order valence-electron chi connectivity index (χ4n) is 3.19. The van der Waals surface area contributed by atoms with Crippen LogP contribution in [-0.2, 0) is 23.8 Å². The number of carbonyl (C=O) groups excluding carboxylic acids is 3. The number of nitrogens with zero attached hydrogens (tertiary/aromatic N) is 1. The van der Waals surface area contributed by atoms with Crippen LogP contribution in [0.3, 0.4) is 0 Å². The summed E-state index contributed by atoms with van der Waals surface area (Å²) in [5.74, 6) is 10.5. The number of fused-ring (bicyclic) bond motifs is 1. The Morgan fingerprint density at radius 3 is 2.62 bits per heavy atom. The third kappa shape index (κ3) is 5.30. The van der Waals surface area contributed by atoms with E-state index in [9.17, 15) is 14.4 Å². The lowest BCUT2D eigenvalue weighted by atomic mass is 9.76. The van der Waals surface area contributed by atoms with Gasteiger partial charge in [-0.25, -0.2) is 4.79 Å². The average Bonchev–Trinajstić information content (AvgIpc) is 2.61. The summed E-state index contributed by atoms with van der Waals surface area (Å²) in [6, 6.07) is -0.655. The van der Waals surface area contributed by atoms with E-state index in [2.05, 4.69) is 29.0 Å². The molecule has 0 aromatic heterocycles. The molecule has 0 saturated carbocycles. The number of allylic oxidation sites excluding steroid dienone is 2. The summed E-state index contributed by atoms with van der Waals surface area (Å²) < 4.78 is 16.1. The standard InChI is InChI=1S/C21H26N2O6/c1-15(24)28-16-11-9-7-6-8-10-12-21(27-5)17(16)23(18(21)25)14-13-22-19(26)29-20(2,3)4/h6-7,16-17H,12-14H2,1-5H3,(H,22,26)/b7-6-/t16-,17+,21-/m0/s1. The van der Waals surface area contributed by atoms with Crippen LogP contribution in [0, 0.1) is 23.7 Å². The Morgan fingerprint density at radius 1 is 1.31 bits per heavy atom. The number of likely N-dealkylation sites (tertiary alicyclic amines) is 1. The van der Waals surface area contributed by atoms with Gasteiger partial charge in [-0.15, -0.1) is 0 Å². The molecule has 3 atom stereocenters. The highest BCUT2D eigenvalue weighted by molar-refractivity contribution is 5.94. The normalized spacial score (nSPS) is 26.4. The number of ether oxygens (including phenoxy) is 3. The third-order valence-corrected chi connectivity index (χ3v) is 4.33. The molecule has 8 nitrogen and oxygen atoms in total. The van der Waals surface area contributed by atoms with E-state index in [0.717, 1.165) is 0 Å². The molecule has 29 heavy (non-hydrogen) atoms. The first-order valence-corrected chi connectivity index (χ1v) is 9.25. The molecule has 1 heterocycles. The number of hydrogen-bond donors (Lipinski definition) is 1. The van der Waals surface area contributed by atoms with Gasteiger partial charge in [0.1, 0.15) is 11.6 Å². The minimum atomic E-state index is -1.26. The number of alkyl carbamates (subject to hydrolysis) is 1. The summed E-state index contributed by atoms with van der Waals surface area (Å²) in [4.78, 5) is 37.9. The molecule has 1 aliphatic heterocycles. The molecule has 1 fully saturated rings. The number of β-lactam (4-membered cyclic amide) rings is 1. The first kappa shape index (κ1) is 22.3. The van der Waals surface area contributed by atoms with E-state index in [-0.39, 0.29) is 25.4 Å². The molecule has 1 aliphatic carbocycles. The summed E-state index contributed by atoms with van der Waals surface area (Å²) in [5.41, 5.74) is -1.89. The molecule has 0 spiro atoms. The van der Waals surface area contributed by atoms with Crippen LogP contribution in [0.2, 0.25) is 0 Å². The van der Waals surface area contributed by atoms with Crippen molar-refractivity contribution in [3.05, 3.63) is 12.2 Å². The topological polar surface area (TPSA) is 94.2 Å². The molecule has 0 bridgehead atoms. The smallest absolute Gasteiger partial charge is 0.407 e. The quantitative estimate of drug-likeness (QED) is 0.419. The van der Waals surface area contributed by atoms with Crippen molar-refractivity contribution in [2.45, 2.75) is 57.5 Å². The van der Waals surface area contributed by atoms with Crippen LogP contribution in [0.5, 0.6) is 0 Å². The van der Waals surface area contributed by atoms with E-state index in [1.54, 1.807) is 32.9 Å². The van der Waals surface area contributed by atoms with Crippen molar-refractivity contribution in [1.82, 2.24) is 10.2 Å². The Bertz CT molecular complexity index is 820. The van der Waals surface area contributed by atoms with Gasteiger partial charge >= 0.3 is 12.1 Å². The monoisotopic (exact) mass is 402 g/mol. The Kier molecular flexibility index (Phi) is 6.94. The van der Waals surface area contributed by atoms with E-state index < -0.39 is 35.4 Å². The second-order valence-corrected chi connectivity index (χ2v) is 7.62. The largest absolute Gasteiger partial charge is 0.447 e. The van der Waals surface area contributed by atoms with Gasteiger partial charge in [0, 0.05) is 33.5 Å². The van der Waals surface area contributed by atoms with Gasteiger partial charge < -0.3 is 24.4 Å². The number of amides is 2. The summed E-state index contributed by atoms with van der Waals surface area (Å²) in [6.07, 6.45) is 1.77. The highest BCUT2D eigenvalue weighted by Gasteiger charge is 2.64. The van der Waals surface area contributed by atoms with Crippen molar-refractivity contribution < 1.29 is 28.6 Å². The van der Waals surface area contributed by atoms with Crippen LogP contribution >= 0.6 is 0 Å². The van der Waals surface area contributed by atoms with Gasteiger partial charge in [-0.05, 0) is 32.9 Å². The lowest BCUT2D eigenvalue weighted by Crippen LogP contribution is -2.78. The second-order valence-electron chi connectivity index (χ2n) is 7.62. The maximum absolute atomic E-state index is 12.9. The SMILES string of the molecule is CO[C@@]12CC#C/C=C\C#C[C@H](OC(C)=O)[C@H]1N(CCNC(=O)OC(C)(C)C)C2=O. The Morgan fingerprint density at radius 2 is 2.00 bits per heavy atom. The Balaban J connectivity index is 2.19. The van der Waals surface area contributed by atoms with Gasteiger partial charge in [0.25, 0.3) is 5.91 Å². The van der Waals surface area contributed by atoms with Crippen LogP contribution < -0.4 is 5.32 Å². The van der Waals surface area contributed by atoms with Gasteiger partial charge in [-0.1, -0.05) is 23.7 Å². The van der Waals surface area contributed by atoms with Crippen LogP contribution in [0.15, 0.2) is 12.2 Å². The highest BCUT2D eigenvalue weighted by Crippen LogP contribution is 2.39. The number of rotatable bonds is 5. The highest BCUT2D eigenvalue weighted by atomic mass is 16.6. The predicted octanol–water partition coefficient (Wildman–Crippen LogP) is 1.01. The fraction of sp³-hybridized carbons (Fsp3) is 0.571. The maximum Gasteiger partial charge on any atom is 0.407 e. The first-order valence-electron chi connectivity index (χ1n) is 9.25. The molecule has 2 aliphatic rings. The number of hydrogen-bond acceptors (Lipinski definition) is 6. The molecular weight excluding hydrogens is 376 g/mol. The van der Waals surface area contributed by atoms with Crippen LogP contribution in [0.25, 0.3) is 0 Å². The van der Waals surface area contributed by atoms with Crippen LogP contribution in [0.1, 0.15) is 34.1 Å². The molecule has 2 amide bonds. The van der Waals surface area contributed by atoms with Crippen molar-refractivity contribution in [3.8, 4) is 23.7 Å². The molecule has 0 aromatic carbocycles. The zero-order chi connectivity index (χ0) is 21.7. The van der Waals surface area contributed by atoms with Crippen molar-refractivity contribution in [2.75, 3.05) is 20.2 Å². The van der Waals surface area contributed by atoms with Gasteiger partial charge in [0.15, 0.2) is 11.7 Å². The van der Waals surface area contributed by atoms with Gasteiger partial charge in [-0.3, -0.25) is 9.59 Å². The Labute approximate surface area is 170 Å². The van der Waals surface area contributed by atoms with Crippen LogP contribution in [0.4, 0.5) is 4.79 Å². The fourth-order valence-corrected chi connectivity index (χ4v) is 3.19. The molecule has 8 heteroatoms. The van der Waals surface area contributed by atoms with Crippen LogP contribution in [-0.4, -0.2) is 66.4 Å². The summed E-state index contributed by atoms with van der Waals surface area (Å²) >= 11 is 0. The summed E-state index contributed by atoms with van der Waals surface area (Å²) in [6.45, 7) is 6.89. The molecule has 1 saturated heterocycles. The van der Waals surface area contributed by atoms with Crippen molar-refractivity contribution in [2.24, 2.45) is 0 Å². The predicted molar refractivity (Wildman–Crippen MR) is 104 cm³/mol. The summed E-state index contributed by atoms with van der Waals surface area (Å²) in [5, 5.41) is 2.61. The number of methoxy groups -OCH3 is 1. The van der Waals surface area contributed by atoms with E-state index in [0.29, 0.717) is 0 Å². The van der Waals surface area contributed by atoms with E-state index in [4.69, 9.17) is 14.2 Å². The molecule has 1 N–H and O–H groups in total. The third-order valence-electron chi connectivity index (χ3n) is 4.33. The number of carbonyl (C=O) groups is 3. The zero-order valence-electron chi connectivity index (χ0n) is 17.3. The number of nitrogens with one attached hydrogen (secondary N) is 1. The lowest BCUT2D eigenvalue weighted by Gasteiger charge is -2.55. The van der Waals surface area contributed by atoms with E-state index in [1.165, 1.54) is 18.9 Å². The first-order chi connectivity index (χ1) is 13.6. The van der Waals surface area contributed by atoms with E-state index >= 15 is 0 Å². The number of esters is 1. The maximum atomic E-state index is 12.9. The van der Waals surface area contributed by atoms with Crippen molar-refractivity contribution in [1.29, 1.82) is 0 Å². The van der Waals surface area contributed by atoms with Crippen molar-refractivity contribution >= 4 is 18.0 Å². The minimum Gasteiger partial charge on any atom is -0.447 e. The van der Waals surface area contributed by atoms with Crippen molar-refractivity contribution in [3.63, 3.8) is 0 Å². The summed E-state index contributed by atoms with van der Waals surface area (Å²) in [7, 11) is 1.42. The van der Waals surface area contributed by atoms with Gasteiger partial charge in [0.05, 0.1) is 0 Å². The molecule has 156 valence electrons. The second kappa shape index (κ2) is 9.02. The van der Waals surface area contributed by atoms with Gasteiger partial charge in [-0.2, -0.15) is 0 Å². The zero-order valence-corrected chi connectivity index (χ0v) is 17.3. The minimum absolute atomic E-state index is 0.132. The van der Waals surface area contributed by atoms with E-state index in [1.807, 2.05) is 0 Å². The van der Waals surface area contributed by atoms with Gasteiger partial charge in [0.2, 0.25) is 0 Å². The molecule has 0 unspecified atom stereocenters. The molecule has 2 rings (SSSR count). The molecular formula is C21H26N2O6. The Hall–Kier alpha value is -2.97. The molecule has 0 radical (unpaired) electrons. The average molecular weight is 402 g/mol. The lowest BCUT2D eigenvalue weighted by molar-refractivity contribution is -0.210.